The van der Waals surface area contributed by atoms with Gasteiger partial charge in [0.25, 0.3) is 0 Å². The molecule has 0 aliphatic carbocycles. The van der Waals surface area contributed by atoms with Crippen LogP contribution in [0.4, 0.5) is 5.69 Å². The first-order valence-electron chi connectivity index (χ1n) is 9.46. The molecule has 152 valence electrons. The monoisotopic (exact) mass is 407 g/mol. The fourth-order valence-corrected chi connectivity index (χ4v) is 3.48. The Morgan fingerprint density at radius 1 is 1.07 bits per heavy atom. The first kappa shape index (κ1) is 18.2. The van der Waals surface area contributed by atoms with Gasteiger partial charge in [0.05, 0.1) is 5.92 Å². The lowest BCUT2D eigenvalue weighted by Crippen LogP contribution is -2.27. The van der Waals surface area contributed by atoms with Crippen LogP contribution in [-0.2, 0) is 9.59 Å². The zero-order chi connectivity index (χ0) is 20.5. The van der Waals surface area contributed by atoms with Crippen LogP contribution < -0.4 is 19.1 Å². The van der Waals surface area contributed by atoms with Crippen LogP contribution >= 0.6 is 0 Å². The predicted octanol–water partition coefficient (Wildman–Crippen LogP) is 2.47. The normalized spacial score (nSPS) is 17.8. The lowest BCUT2D eigenvalue weighted by molar-refractivity contribution is -0.139. The summed E-state index contributed by atoms with van der Waals surface area (Å²) in [7, 11) is 0. The van der Waals surface area contributed by atoms with Gasteiger partial charge in [-0.1, -0.05) is 0 Å². The van der Waals surface area contributed by atoms with Crippen molar-refractivity contribution < 1.29 is 28.2 Å². The molecule has 1 unspecified atom stereocenters. The maximum absolute atomic E-state index is 12.6. The van der Waals surface area contributed by atoms with Crippen LogP contribution in [0, 0.1) is 5.92 Å². The standard InChI is InChI=1S/C21H17N3O6/c25-19-9-14(11-24(19)15-3-6-17-18(10-15)28-8-7-27-17)21(26)30-16-4-1-13(2-5-16)20-23-22-12-29-20/h1-6,10,12,14H,7-9,11H2. The highest BCUT2D eigenvalue weighted by molar-refractivity contribution is 6.00. The number of esters is 1. The van der Waals surface area contributed by atoms with Crippen molar-refractivity contribution in [1.29, 1.82) is 0 Å². The molecule has 9 nitrogen and oxygen atoms in total. The topological polar surface area (TPSA) is 104 Å². The summed E-state index contributed by atoms with van der Waals surface area (Å²) in [5, 5.41) is 7.46. The Morgan fingerprint density at radius 3 is 2.63 bits per heavy atom. The van der Waals surface area contributed by atoms with E-state index in [0.717, 1.165) is 0 Å². The van der Waals surface area contributed by atoms with Crippen molar-refractivity contribution >= 4 is 17.6 Å². The highest BCUT2D eigenvalue weighted by Crippen LogP contribution is 2.36. The van der Waals surface area contributed by atoms with E-state index in [1.165, 1.54) is 6.39 Å². The minimum atomic E-state index is -0.554. The van der Waals surface area contributed by atoms with E-state index in [1.807, 2.05) is 0 Å². The Labute approximate surface area is 171 Å². The highest BCUT2D eigenvalue weighted by atomic mass is 16.6. The van der Waals surface area contributed by atoms with E-state index < -0.39 is 11.9 Å². The second kappa shape index (κ2) is 7.51. The van der Waals surface area contributed by atoms with E-state index in [9.17, 15) is 9.59 Å². The summed E-state index contributed by atoms with van der Waals surface area (Å²) in [4.78, 5) is 26.7. The van der Waals surface area contributed by atoms with Crippen LogP contribution in [-0.4, -0.2) is 41.8 Å². The van der Waals surface area contributed by atoms with Gasteiger partial charge in [-0.3, -0.25) is 9.59 Å². The van der Waals surface area contributed by atoms with Gasteiger partial charge in [0, 0.05) is 30.3 Å². The molecule has 0 N–H and O–H groups in total. The van der Waals surface area contributed by atoms with Crippen LogP contribution in [0.1, 0.15) is 6.42 Å². The largest absolute Gasteiger partial charge is 0.486 e. The number of anilines is 1. The summed E-state index contributed by atoms with van der Waals surface area (Å²) in [6.45, 7) is 1.21. The smallest absolute Gasteiger partial charge is 0.316 e. The third-order valence-corrected chi connectivity index (χ3v) is 4.98. The van der Waals surface area contributed by atoms with Crippen molar-refractivity contribution in [1.82, 2.24) is 10.2 Å². The predicted molar refractivity (Wildman–Crippen MR) is 103 cm³/mol. The summed E-state index contributed by atoms with van der Waals surface area (Å²) in [5.41, 5.74) is 1.39. The second-order valence-corrected chi connectivity index (χ2v) is 6.92. The Hall–Kier alpha value is -3.88. The number of hydrogen-bond donors (Lipinski definition) is 0. The van der Waals surface area contributed by atoms with E-state index in [-0.39, 0.29) is 18.9 Å². The third-order valence-electron chi connectivity index (χ3n) is 4.98. The molecule has 2 aliphatic rings. The molecule has 0 spiro atoms. The number of nitrogens with zero attached hydrogens (tertiary/aromatic N) is 3. The van der Waals surface area contributed by atoms with Crippen molar-refractivity contribution in [3.8, 4) is 28.7 Å². The molecule has 5 rings (SSSR count). The van der Waals surface area contributed by atoms with Crippen LogP contribution in [0.2, 0.25) is 0 Å². The van der Waals surface area contributed by atoms with Crippen molar-refractivity contribution in [2.24, 2.45) is 5.92 Å². The van der Waals surface area contributed by atoms with Crippen molar-refractivity contribution in [2.45, 2.75) is 6.42 Å². The molecule has 0 saturated carbocycles. The number of amides is 1. The quantitative estimate of drug-likeness (QED) is 0.480. The number of carbonyl (C=O) groups excluding carboxylic acids is 2. The zero-order valence-corrected chi connectivity index (χ0v) is 15.8. The fraction of sp³-hybridized carbons (Fsp3) is 0.238. The molecule has 2 aliphatic heterocycles. The average molecular weight is 407 g/mol. The summed E-state index contributed by atoms with van der Waals surface area (Å²) in [5.74, 6) is 0.865. The van der Waals surface area contributed by atoms with E-state index in [1.54, 1.807) is 47.4 Å². The molecule has 0 radical (unpaired) electrons. The first-order chi connectivity index (χ1) is 14.7. The van der Waals surface area contributed by atoms with Gasteiger partial charge in [0.2, 0.25) is 18.2 Å². The summed E-state index contributed by atoms with van der Waals surface area (Å²) < 4.78 is 21.7. The lowest BCUT2D eigenvalue weighted by Gasteiger charge is -2.22. The molecule has 0 bridgehead atoms. The minimum absolute atomic E-state index is 0.0906. The van der Waals surface area contributed by atoms with E-state index >= 15 is 0 Å². The summed E-state index contributed by atoms with van der Waals surface area (Å²) in [6, 6.07) is 12.0. The van der Waals surface area contributed by atoms with Crippen LogP contribution in [0.3, 0.4) is 0 Å². The number of hydrogen-bond acceptors (Lipinski definition) is 8. The molecule has 1 saturated heterocycles. The van der Waals surface area contributed by atoms with Gasteiger partial charge in [-0.2, -0.15) is 0 Å². The van der Waals surface area contributed by atoms with Gasteiger partial charge < -0.3 is 23.5 Å². The molecule has 3 aromatic rings. The third kappa shape index (κ3) is 3.45. The molecular weight excluding hydrogens is 390 g/mol. The number of ether oxygens (including phenoxy) is 3. The first-order valence-corrected chi connectivity index (χ1v) is 9.46. The number of fused-ring (bicyclic) bond motifs is 1. The molecule has 9 heteroatoms. The SMILES string of the molecule is O=C(Oc1ccc(-c2nnco2)cc1)C1CC(=O)N(c2ccc3c(c2)OCCO3)C1. The van der Waals surface area contributed by atoms with Crippen molar-refractivity contribution in [2.75, 3.05) is 24.7 Å². The molecule has 1 aromatic heterocycles. The van der Waals surface area contributed by atoms with Gasteiger partial charge in [-0.15, -0.1) is 10.2 Å². The van der Waals surface area contributed by atoms with Gasteiger partial charge in [0.1, 0.15) is 19.0 Å². The maximum atomic E-state index is 12.6. The molecule has 2 aromatic carbocycles. The Bertz CT molecular complexity index is 1080. The van der Waals surface area contributed by atoms with Crippen molar-refractivity contribution in [3.05, 3.63) is 48.9 Å². The fourth-order valence-electron chi connectivity index (χ4n) is 3.48. The van der Waals surface area contributed by atoms with E-state index in [2.05, 4.69) is 10.2 Å². The van der Waals surface area contributed by atoms with Crippen molar-refractivity contribution in [3.63, 3.8) is 0 Å². The van der Waals surface area contributed by atoms with Gasteiger partial charge in [-0.25, -0.2) is 0 Å². The van der Waals surface area contributed by atoms with Gasteiger partial charge in [0.15, 0.2) is 11.5 Å². The second-order valence-electron chi connectivity index (χ2n) is 6.92. The minimum Gasteiger partial charge on any atom is -0.486 e. The highest BCUT2D eigenvalue weighted by Gasteiger charge is 2.37. The summed E-state index contributed by atoms with van der Waals surface area (Å²) in [6.07, 6.45) is 1.33. The maximum Gasteiger partial charge on any atom is 0.316 e. The number of rotatable bonds is 4. The summed E-state index contributed by atoms with van der Waals surface area (Å²) >= 11 is 0. The molecule has 1 fully saturated rings. The molecule has 30 heavy (non-hydrogen) atoms. The molecule has 1 amide bonds. The van der Waals surface area contributed by atoms with Crippen LogP contribution in [0.5, 0.6) is 17.2 Å². The van der Waals surface area contributed by atoms with Crippen LogP contribution in [0.15, 0.2) is 53.3 Å². The zero-order valence-electron chi connectivity index (χ0n) is 15.8. The molecular formula is C21H17N3O6. The average Bonchev–Trinajstić information content (AvgIpc) is 3.44. The van der Waals surface area contributed by atoms with Crippen LogP contribution in [0.25, 0.3) is 11.5 Å². The van der Waals surface area contributed by atoms with Gasteiger partial charge in [-0.05, 0) is 36.4 Å². The van der Waals surface area contributed by atoms with E-state index in [0.29, 0.717) is 47.6 Å². The Kier molecular flexibility index (Phi) is 4.55. The van der Waals surface area contributed by atoms with Gasteiger partial charge >= 0.3 is 5.97 Å². The Morgan fingerprint density at radius 2 is 1.87 bits per heavy atom. The number of benzene rings is 2. The Balaban J connectivity index is 1.25. The lowest BCUT2D eigenvalue weighted by atomic mass is 10.1. The van der Waals surface area contributed by atoms with E-state index in [4.69, 9.17) is 18.6 Å². The number of aromatic nitrogens is 2. The molecule has 3 heterocycles. The number of carbonyl (C=O) groups is 2. The molecule has 1 atom stereocenters.